The van der Waals surface area contributed by atoms with Gasteiger partial charge in [0.25, 0.3) is 0 Å². The zero-order valence-electron chi connectivity index (χ0n) is 12.0. The van der Waals surface area contributed by atoms with Gasteiger partial charge in [-0.2, -0.15) is 0 Å². The normalized spacial score (nSPS) is 11.1. The predicted molar refractivity (Wildman–Crippen MR) is 76.7 cm³/mol. The maximum absolute atomic E-state index is 11.7. The van der Waals surface area contributed by atoms with Crippen molar-refractivity contribution in [1.82, 2.24) is 16.0 Å². The monoisotopic (exact) mass is 307 g/mol. The lowest BCUT2D eigenvalue weighted by atomic mass is 10.1. The molecule has 4 N–H and O–H groups in total. The molecule has 1 aromatic carbocycles. The van der Waals surface area contributed by atoms with Gasteiger partial charge in [0.05, 0.1) is 13.1 Å². The van der Waals surface area contributed by atoms with E-state index < -0.39 is 23.8 Å². The number of carbonyl (C=O) groups is 4. The quantitative estimate of drug-likeness (QED) is 0.524. The van der Waals surface area contributed by atoms with Crippen molar-refractivity contribution in [2.75, 3.05) is 13.1 Å². The molecule has 8 heteroatoms. The third-order valence-electron chi connectivity index (χ3n) is 2.63. The number of rotatable bonds is 7. The molecule has 1 atom stereocenters. The summed E-state index contributed by atoms with van der Waals surface area (Å²) in [7, 11) is 0. The van der Waals surface area contributed by atoms with Crippen molar-refractivity contribution in [3.63, 3.8) is 0 Å². The number of carboxylic acid groups (broad SMARTS) is 1. The average molecular weight is 307 g/mol. The number of aliphatic carboxylic acids is 1. The first-order valence-electron chi connectivity index (χ1n) is 6.48. The molecule has 0 aliphatic carbocycles. The molecule has 0 heterocycles. The lowest BCUT2D eigenvalue weighted by molar-refractivity contribution is -0.142. The van der Waals surface area contributed by atoms with E-state index >= 15 is 0 Å². The standard InChI is InChI=1S/C14H17N3O5/c1-9(18)15-7-11(19)16-8-12(20)17-13(14(21)22)10-5-3-2-4-6-10/h2-6,13H,7-8H2,1H3,(H,15,18)(H,16,19)(H,17,20)(H,21,22)/t13-/m1/s1. The SMILES string of the molecule is CC(=O)NCC(=O)NCC(=O)N[C@@H](C(=O)O)c1ccccc1. The van der Waals surface area contributed by atoms with Gasteiger partial charge in [-0.25, -0.2) is 4.79 Å². The van der Waals surface area contributed by atoms with Gasteiger partial charge in [-0.3, -0.25) is 14.4 Å². The zero-order valence-corrected chi connectivity index (χ0v) is 12.0. The van der Waals surface area contributed by atoms with Crippen molar-refractivity contribution in [2.45, 2.75) is 13.0 Å². The van der Waals surface area contributed by atoms with Gasteiger partial charge in [0, 0.05) is 6.92 Å². The highest BCUT2D eigenvalue weighted by Gasteiger charge is 2.21. The van der Waals surface area contributed by atoms with Crippen LogP contribution in [0.15, 0.2) is 30.3 Å². The Morgan fingerprint density at radius 2 is 1.59 bits per heavy atom. The van der Waals surface area contributed by atoms with E-state index in [1.54, 1.807) is 30.3 Å². The van der Waals surface area contributed by atoms with E-state index in [2.05, 4.69) is 16.0 Å². The largest absolute Gasteiger partial charge is 0.479 e. The lowest BCUT2D eigenvalue weighted by Gasteiger charge is -2.15. The van der Waals surface area contributed by atoms with E-state index in [-0.39, 0.29) is 19.0 Å². The van der Waals surface area contributed by atoms with Crippen LogP contribution in [-0.4, -0.2) is 41.9 Å². The number of nitrogens with one attached hydrogen (secondary N) is 3. The van der Waals surface area contributed by atoms with Crippen molar-refractivity contribution < 1.29 is 24.3 Å². The number of hydrogen-bond acceptors (Lipinski definition) is 4. The predicted octanol–water partition coefficient (Wildman–Crippen LogP) is -0.819. The minimum absolute atomic E-state index is 0.246. The molecular formula is C14H17N3O5. The average Bonchev–Trinajstić information content (AvgIpc) is 2.49. The second-order valence-corrected chi connectivity index (χ2v) is 4.44. The topological polar surface area (TPSA) is 125 Å². The van der Waals surface area contributed by atoms with Gasteiger partial charge in [-0.15, -0.1) is 0 Å². The van der Waals surface area contributed by atoms with Gasteiger partial charge in [-0.05, 0) is 5.56 Å². The van der Waals surface area contributed by atoms with E-state index in [4.69, 9.17) is 5.11 Å². The van der Waals surface area contributed by atoms with Gasteiger partial charge in [0.1, 0.15) is 0 Å². The van der Waals surface area contributed by atoms with E-state index in [9.17, 15) is 19.2 Å². The molecule has 0 radical (unpaired) electrons. The van der Waals surface area contributed by atoms with Crippen LogP contribution in [0.4, 0.5) is 0 Å². The number of carboxylic acids is 1. The zero-order chi connectivity index (χ0) is 16.5. The highest BCUT2D eigenvalue weighted by molar-refractivity contribution is 5.89. The van der Waals surface area contributed by atoms with E-state index in [1.165, 1.54) is 6.92 Å². The summed E-state index contributed by atoms with van der Waals surface area (Å²) in [6.07, 6.45) is 0. The Hall–Kier alpha value is -2.90. The van der Waals surface area contributed by atoms with Crippen LogP contribution in [-0.2, 0) is 19.2 Å². The maximum Gasteiger partial charge on any atom is 0.330 e. The summed E-state index contributed by atoms with van der Waals surface area (Å²) < 4.78 is 0. The van der Waals surface area contributed by atoms with E-state index in [0.29, 0.717) is 5.56 Å². The first kappa shape index (κ1) is 17.2. The maximum atomic E-state index is 11.7. The van der Waals surface area contributed by atoms with Gasteiger partial charge in [-0.1, -0.05) is 30.3 Å². The van der Waals surface area contributed by atoms with Crippen LogP contribution < -0.4 is 16.0 Å². The molecule has 0 bridgehead atoms. The Labute approximate surface area is 126 Å². The number of benzene rings is 1. The molecule has 8 nitrogen and oxygen atoms in total. The second kappa shape index (κ2) is 8.40. The molecule has 3 amide bonds. The molecule has 1 aromatic rings. The minimum atomic E-state index is -1.20. The summed E-state index contributed by atoms with van der Waals surface area (Å²) in [4.78, 5) is 44.8. The van der Waals surface area contributed by atoms with Crippen molar-refractivity contribution in [2.24, 2.45) is 0 Å². The molecule has 0 fully saturated rings. The van der Waals surface area contributed by atoms with E-state index in [1.807, 2.05) is 0 Å². The Bertz CT molecular complexity index is 559. The van der Waals surface area contributed by atoms with Crippen LogP contribution in [0.2, 0.25) is 0 Å². The van der Waals surface area contributed by atoms with Crippen LogP contribution >= 0.6 is 0 Å². The van der Waals surface area contributed by atoms with Gasteiger partial charge < -0.3 is 21.1 Å². The molecule has 0 saturated carbocycles. The number of amides is 3. The highest BCUT2D eigenvalue weighted by Crippen LogP contribution is 2.12. The molecule has 118 valence electrons. The fourth-order valence-electron chi connectivity index (χ4n) is 1.59. The summed E-state index contributed by atoms with van der Waals surface area (Å²) in [5.41, 5.74) is 0.424. The molecular weight excluding hydrogens is 290 g/mol. The first-order valence-corrected chi connectivity index (χ1v) is 6.48. The summed E-state index contributed by atoms with van der Waals surface area (Å²) >= 11 is 0. The lowest BCUT2D eigenvalue weighted by Crippen LogP contribution is -2.43. The molecule has 0 spiro atoms. The fourth-order valence-corrected chi connectivity index (χ4v) is 1.59. The fraction of sp³-hybridized carbons (Fsp3) is 0.286. The molecule has 0 aliphatic heterocycles. The Morgan fingerprint density at radius 3 is 2.14 bits per heavy atom. The van der Waals surface area contributed by atoms with Crippen molar-refractivity contribution in [1.29, 1.82) is 0 Å². The van der Waals surface area contributed by atoms with Gasteiger partial charge in [0.2, 0.25) is 17.7 Å². The smallest absolute Gasteiger partial charge is 0.330 e. The summed E-state index contributed by atoms with van der Waals surface area (Å²) in [6.45, 7) is 0.635. The number of hydrogen-bond donors (Lipinski definition) is 4. The van der Waals surface area contributed by atoms with Crippen LogP contribution in [0.3, 0.4) is 0 Å². The van der Waals surface area contributed by atoms with Crippen LogP contribution in [0.5, 0.6) is 0 Å². The summed E-state index contributed by atoms with van der Waals surface area (Å²) in [5, 5.41) is 16.0. The van der Waals surface area contributed by atoms with E-state index in [0.717, 1.165) is 0 Å². The van der Waals surface area contributed by atoms with Crippen molar-refractivity contribution >= 4 is 23.7 Å². The number of carbonyl (C=O) groups excluding carboxylic acids is 3. The van der Waals surface area contributed by atoms with Crippen molar-refractivity contribution in [3.8, 4) is 0 Å². The Morgan fingerprint density at radius 1 is 1.00 bits per heavy atom. The van der Waals surface area contributed by atoms with Crippen molar-refractivity contribution in [3.05, 3.63) is 35.9 Å². The third-order valence-corrected chi connectivity index (χ3v) is 2.63. The van der Waals surface area contributed by atoms with Gasteiger partial charge in [0.15, 0.2) is 6.04 Å². The van der Waals surface area contributed by atoms with Crippen LogP contribution in [0.25, 0.3) is 0 Å². The summed E-state index contributed by atoms with van der Waals surface area (Å²) in [6, 6.07) is 7.01. The first-order chi connectivity index (χ1) is 10.4. The summed E-state index contributed by atoms with van der Waals surface area (Å²) in [5.74, 6) is -2.76. The molecule has 0 aliphatic rings. The molecule has 0 unspecified atom stereocenters. The molecule has 22 heavy (non-hydrogen) atoms. The van der Waals surface area contributed by atoms with Crippen LogP contribution in [0, 0.1) is 0 Å². The van der Waals surface area contributed by atoms with Crippen LogP contribution in [0.1, 0.15) is 18.5 Å². The molecule has 0 aromatic heterocycles. The highest BCUT2D eigenvalue weighted by atomic mass is 16.4. The Kier molecular flexibility index (Phi) is 6.55. The minimum Gasteiger partial charge on any atom is -0.479 e. The molecule has 1 rings (SSSR count). The molecule has 0 saturated heterocycles. The third kappa shape index (κ3) is 6.04. The van der Waals surface area contributed by atoms with Gasteiger partial charge >= 0.3 is 5.97 Å². The second-order valence-electron chi connectivity index (χ2n) is 4.44. The Balaban J connectivity index is 2.50.